The quantitative estimate of drug-likeness (QED) is 0.284. The zero-order valence-electron chi connectivity index (χ0n) is 8.88. The minimum absolute atomic E-state index is 0.0172. The molecule has 2 aromatic rings. The molecule has 1 nitrogen and oxygen atoms in total. The van der Waals surface area contributed by atoms with Crippen LogP contribution in [0.15, 0.2) is 54.3 Å². The summed E-state index contributed by atoms with van der Waals surface area (Å²) >= 11 is 13.7. The maximum absolute atomic E-state index is 12.4. The van der Waals surface area contributed by atoms with Crippen LogP contribution in [0.2, 0.25) is 0 Å². The summed E-state index contributed by atoms with van der Waals surface area (Å²) < 4.78 is 3.26. The summed E-state index contributed by atoms with van der Waals surface area (Å²) in [6.45, 7) is 0. The van der Waals surface area contributed by atoms with E-state index in [1.54, 1.807) is 18.2 Å². The molecular formula is C13H6Br4O. The molecule has 0 atom stereocenters. The Balaban J connectivity index is 2.56. The number of carbonyl (C=O) groups is 1. The lowest BCUT2D eigenvalue weighted by Gasteiger charge is -2.09. The van der Waals surface area contributed by atoms with Crippen LogP contribution in [0.25, 0.3) is 0 Å². The van der Waals surface area contributed by atoms with E-state index in [0.717, 1.165) is 17.9 Å². The molecule has 0 amide bonds. The van der Waals surface area contributed by atoms with Crippen LogP contribution in [0.3, 0.4) is 0 Å². The fourth-order valence-electron chi connectivity index (χ4n) is 1.48. The van der Waals surface area contributed by atoms with Crippen molar-refractivity contribution in [3.05, 3.63) is 65.4 Å². The molecule has 0 spiro atoms. The third-order valence-corrected chi connectivity index (χ3v) is 7.05. The van der Waals surface area contributed by atoms with Gasteiger partial charge in [0.1, 0.15) is 0 Å². The molecule has 18 heavy (non-hydrogen) atoms. The Morgan fingerprint density at radius 2 is 1.44 bits per heavy atom. The molecule has 2 rings (SSSR count). The first-order valence-corrected chi connectivity index (χ1v) is 8.12. The second kappa shape index (κ2) is 5.99. The van der Waals surface area contributed by atoms with E-state index in [2.05, 4.69) is 63.7 Å². The molecule has 2 aromatic carbocycles. The molecule has 0 radical (unpaired) electrons. The van der Waals surface area contributed by atoms with Crippen LogP contribution < -0.4 is 0 Å². The van der Waals surface area contributed by atoms with E-state index in [1.165, 1.54) is 0 Å². The Bertz CT molecular complexity index is 608. The minimum Gasteiger partial charge on any atom is -0.289 e. The Kier molecular flexibility index (Phi) is 4.80. The first-order chi connectivity index (χ1) is 8.52. The summed E-state index contributed by atoms with van der Waals surface area (Å²) in [4.78, 5) is 12.4. The predicted molar refractivity (Wildman–Crippen MR) is 87.1 cm³/mol. The topological polar surface area (TPSA) is 17.1 Å². The van der Waals surface area contributed by atoms with Crippen LogP contribution in [0.5, 0.6) is 0 Å². The zero-order chi connectivity index (χ0) is 13.3. The molecule has 0 aliphatic rings. The van der Waals surface area contributed by atoms with Gasteiger partial charge in [0.05, 0.1) is 0 Å². The second-order valence-electron chi connectivity index (χ2n) is 3.54. The molecule has 0 bridgehead atoms. The fourth-order valence-corrected chi connectivity index (χ4v) is 3.68. The molecule has 0 aliphatic carbocycles. The lowest BCUT2D eigenvalue weighted by atomic mass is 10.0. The van der Waals surface area contributed by atoms with Gasteiger partial charge in [-0.1, -0.05) is 30.3 Å². The number of benzene rings is 2. The van der Waals surface area contributed by atoms with E-state index < -0.39 is 0 Å². The van der Waals surface area contributed by atoms with Crippen molar-refractivity contribution in [2.75, 3.05) is 0 Å². The standard InChI is InChI=1S/C13H6Br4O/c14-9-6-8(10(15)12(17)11(9)16)13(18)7-4-2-1-3-5-7/h1-6H. The number of carbonyl (C=O) groups excluding carboxylic acids is 1. The molecule has 0 aromatic heterocycles. The Morgan fingerprint density at radius 3 is 2.06 bits per heavy atom. The van der Waals surface area contributed by atoms with Gasteiger partial charge in [0, 0.05) is 29.0 Å². The van der Waals surface area contributed by atoms with Gasteiger partial charge in [0.2, 0.25) is 0 Å². The van der Waals surface area contributed by atoms with Crippen LogP contribution >= 0.6 is 63.7 Å². The van der Waals surface area contributed by atoms with Crippen molar-refractivity contribution >= 4 is 69.5 Å². The molecular weight excluding hydrogens is 492 g/mol. The second-order valence-corrected chi connectivity index (χ2v) is 6.78. The number of hydrogen-bond donors (Lipinski definition) is 0. The molecule has 5 heteroatoms. The SMILES string of the molecule is O=C(c1ccccc1)c1cc(Br)c(Br)c(Br)c1Br. The van der Waals surface area contributed by atoms with Gasteiger partial charge in [-0.05, 0) is 69.8 Å². The van der Waals surface area contributed by atoms with Crippen molar-refractivity contribution < 1.29 is 4.79 Å². The van der Waals surface area contributed by atoms with Crippen LogP contribution in [0.4, 0.5) is 0 Å². The maximum atomic E-state index is 12.4. The van der Waals surface area contributed by atoms with Gasteiger partial charge in [-0.3, -0.25) is 4.79 Å². The summed E-state index contributed by atoms with van der Waals surface area (Å²) in [7, 11) is 0. The van der Waals surface area contributed by atoms with Crippen molar-refractivity contribution in [3.63, 3.8) is 0 Å². The smallest absolute Gasteiger partial charge is 0.194 e. The third kappa shape index (κ3) is 2.79. The summed E-state index contributed by atoms with van der Waals surface area (Å²) in [5.74, 6) is -0.0172. The molecule has 0 fully saturated rings. The van der Waals surface area contributed by atoms with Gasteiger partial charge in [-0.25, -0.2) is 0 Å². The van der Waals surface area contributed by atoms with E-state index >= 15 is 0 Å². The molecule has 0 unspecified atom stereocenters. The van der Waals surface area contributed by atoms with Crippen molar-refractivity contribution in [2.45, 2.75) is 0 Å². The average Bonchev–Trinajstić information content (AvgIpc) is 2.41. The summed E-state index contributed by atoms with van der Waals surface area (Å²) in [6.07, 6.45) is 0. The minimum atomic E-state index is -0.0172. The summed E-state index contributed by atoms with van der Waals surface area (Å²) in [5, 5.41) is 0. The van der Waals surface area contributed by atoms with Gasteiger partial charge in [-0.2, -0.15) is 0 Å². The van der Waals surface area contributed by atoms with E-state index in [1.807, 2.05) is 18.2 Å². The van der Waals surface area contributed by atoms with Gasteiger partial charge < -0.3 is 0 Å². The van der Waals surface area contributed by atoms with Crippen molar-refractivity contribution in [3.8, 4) is 0 Å². The Morgan fingerprint density at radius 1 is 0.833 bits per heavy atom. The van der Waals surface area contributed by atoms with Gasteiger partial charge in [0.25, 0.3) is 0 Å². The third-order valence-electron chi connectivity index (χ3n) is 2.38. The highest BCUT2D eigenvalue weighted by Gasteiger charge is 2.18. The van der Waals surface area contributed by atoms with Gasteiger partial charge >= 0.3 is 0 Å². The van der Waals surface area contributed by atoms with Crippen LogP contribution in [0, 0.1) is 0 Å². The number of halogens is 4. The molecule has 0 saturated carbocycles. The first kappa shape index (κ1) is 14.4. The van der Waals surface area contributed by atoms with E-state index in [9.17, 15) is 4.79 Å². The lowest BCUT2D eigenvalue weighted by Crippen LogP contribution is -2.03. The number of rotatable bonds is 2. The Hall–Kier alpha value is 0.0300. The van der Waals surface area contributed by atoms with Crippen LogP contribution in [-0.2, 0) is 0 Å². The van der Waals surface area contributed by atoms with E-state index in [-0.39, 0.29) is 5.78 Å². The molecule has 0 aliphatic heterocycles. The number of hydrogen-bond acceptors (Lipinski definition) is 1. The molecule has 0 saturated heterocycles. The molecule has 0 heterocycles. The highest BCUT2D eigenvalue weighted by molar-refractivity contribution is 9.15. The van der Waals surface area contributed by atoms with Gasteiger partial charge in [-0.15, -0.1) is 0 Å². The first-order valence-electron chi connectivity index (χ1n) is 4.95. The summed E-state index contributed by atoms with van der Waals surface area (Å²) in [6, 6.07) is 11.0. The number of ketones is 1. The zero-order valence-corrected chi connectivity index (χ0v) is 15.2. The summed E-state index contributed by atoms with van der Waals surface area (Å²) in [5.41, 5.74) is 1.28. The average molecular weight is 498 g/mol. The van der Waals surface area contributed by atoms with Crippen molar-refractivity contribution in [2.24, 2.45) is 0 Å². The highest BCUT2D eigenvalue weighted by atomic mass is 79.9. The highest BCUT2D eigenvalue weighted by Crippen LogP contribution is 2.39. The van der Waals surface area contributed by atoms with E-state index in [0.29, 0.717) is 11.1 Å². The van der Waals surface area contributed by atoms with Gasteiger partial charge in [0.15, 0.2) is 5.78 Å². The van der Waals surface area contributed by atoms with Crippen LogP contribution in [-0.4, -0.2) is 5.78 Å². The predicted octanol–water partition coefficient (Wildman–Crippen LogP) is 5.97. The largest absolute Gasteiger partial charge is 0.289 e. The fraction of sp³-hybridized carbons (Fsp3) is 0. The van der Waals surface area contributed by atoms with Crippen molar-refractivity contribution in [1.29, 1.82) is 0 Å². The normalized spacial score (nSPS) is 10.4. The monoisotopic (exact) mass is 494 g/mol. The maximum Gasteiger partial charge on any atom is 0.194 e. The molecule has 92 valence electrons. The van der Waals surface area contributed by atoms with Crippen LogP contribution in [0.1, 0.15) is 15.9 Å². The lowest BCUT2D eigenvalue weighted by molar-refractivity contribution is 0.103. The van der Waals surface area contributed by atoms with E-state index in [4.69, 9.17) is 0 Å². The van der Waals surface area contributed by atoms with Crippen molar-refractivity contribution in [1.82, 2.24) is 0 Å². The Labute approximate surface area is 138 Å². The molecule has 0 N–H and O–H groups in total.